The summed E-state index contributed by atoms with van der Waals surface area (Å²) in [6.45, 7) is 0. The van der Waals surface area contributed by atoms with Gasteiger partial charge < -0.3 is 5.73 Å². The number of nitriles is 2. The second kappa shape index (κ2) is 4.94. The molecule has 1 aliphatic carbocycles. The minimum Gasteiger partial charge on any atom is -0.398 e. The van der Waals surface area contributed by atoms with Gasteiger partial charge in [0.15, 0.2) is 5.78 Å². The van der Waals surface area contributed by atoms with Gasteiger partial charge in [0.1, 0.15) is 12.1 Å². The lowest BCUT2D eigenvalue weighted by atomic mass is 9.92. The Balaban J connectivity index is 2.28. The third kappa shape index (κ3) is 1.87. The van der Waals surface area contributed by atoms with Gasteiger partial charge in [0.2, 0.25) is 0 Å². The van der Waals surface area contributed by atoms with Crippen LogP contribution < -0.4 is 16.2 Å². The van der Waals surface area contributed by atoms with Crippen molar-refractivity contribution in [2.75, 3.05) is 5.73 Å². The molecule has 0 saturated heterocycles. The number of nitrogens with two attached hydrogens (primary N) is 1. The smallest absolute Gasteiger partial charge is 0.160 e. The van der Waals surface area contributed by atoms with E-state index in [-0.39, 0.29) is 11.3 Å². The number of carbonyl (C=O) groups is 1. The fourth-order valence-electron chi connectivity index (χ4n) is 3.31. The highest BCUT2D eigenvalue weighted by Gasteiger charge is 2.14. The summed E-state index contributed by atoms with van der Waals surface area (Å²) < 4.78 is 0. The van der Waals surface area contributed by atoms with E-state index in [1.54, 1.807) is 12.1 Å². The maximum Gasteiger partial charge on any atom is 0.160 e. The van der Waals surface area contributed by atoms with Crippen LogP contribution in [0.25, 0.3) is 33.7 Å². The molecule has 0 bridgehead atoms. The van der Waals surface area contributed by atoms with Gasteiger partial charge in [-0.1, -0.05) is 18.2 Å². The molecule has 0 atom stereocenters. The number of anilines is 1. The van der Waals surface area contributed by atoms with Crippen LogP contribution >= 0.6 is 0 Å². The van der Waals surface area contributed by atoms with Gasteiger partial charge in [-0.2, -0.15) is 10.5 Å². The minimum absolute atomic E-state index is 0.0832. The molecule has 4 nitrogen and oxygen atoms in total. The van der Waals surface area contributed by atoms with E-state index in [0.717, 1.165) is 32.0 Å². The molecule has 0 spiro atoms. The van der Waals surface area contributed by atoms with Gasteiger partial charge in [-0.3, -0.25) is 4.79 Å². The molecule has 0 aromatic heterocycles. The normalized spacial score (nSPS) is 12.8. The molecule has 0 radical (unpaired) electrons. The first kappa shape index (κ1) is 14.0. The van der Waals surface area contributed by atoms with E-state index in [1.165, 1.54) is 0 Å². The van der Waals surface area contributed by atoms with Gasteiger partial charge in [0.05, 0.1) is 16.8 Å². The highest BCUT2D eigenvalue weighted by atomic mass is 16.1. The van der Waals surface area contributed by atoms with Crippen molar-refractivity contribution >= 4 is 45.2 Å². The molecule has 0 fully saturated rings. The molecule has 0 saturated carbocycles. The first-order valence-corrected chi connectivity index (χ1v) is 7.46. The van der Waals surface area contributed by atoms with Crippen molar-refractivity contribution in [3.05, 3.63) is 51.9 Å². The Morgan fingerprint density at radius 3 is 2.46 bits per heavy atom. The summed E-state index contributed by atoms with van der Waals surface area (Å²) in [6, 6.07) is 13.7. The maximum absolute atomic E-state index is 11.6. The summed E-state index contributed by atoms with van der Waals surface area (Å²) in [4.78, 5) is 11.6. The Morgan fingerprint density at radius 2 is 1.71 bits per heavy atom. The molecule has 4 heteroatoms. The van der Waals surface area contributed by atoms with Crippen LogP contribution in [0.3, 0.4) is 0 Å². The van der Waals surface area contributed by atoms with E-state index in [2.05, 4.69) is 6.07 Å². The summed E-state index contributed by atoms with van der Waals surface area (Å²) >= 11 is 0. The summed E-state index contributed by atoms with van der Waals surface area (Å²) in [6.07, 6.45) is 3.92. The van der Waals surface area contributed by atoms with Crippen LogP contribution in [0.15, 0.2) is 30.3 Å². The fraction of sp³-hybridized carbons (Fsp3) is 0.0500. The van der Waals surface area contributed by atoms with E-state index < -0.39 is 0 Å². The van der Waals surface area contributed by atoms with Gasteiger partial charge in [-0.05, 0) is 50.9 Å². The molecule has 3 aromatic rings. The van der Waals surface area contributed by atoms with Crippen LogP contribution in [0.5, 0.6) is 0 Å². The zero-order valence-electron chi connectivity index (χ0n) is 12.6. The number of hydrogen-bond donors (Lipinski definition) is 1. The van der Waals surface area contributed by atoms with Gasteiger partial charge >= 0.3 is 0 Å². The summed E-state index contributed by atoms with van der Waals surface area (Å²) in [5.41, 5.74) is 6.74. The molecule has 3 aromatic carbocycles. The largest absolute Gasteiger partial charge is 0.398 e. The van der Waals surface area contributed by atoms with E-state index >= 15 is 0 Å². The molecule has 0 heterocycles. The van der Waals surface area contributed by atoms with Crippen LogP contribution in [0.1, 0.15) is 17.5 Å². The lowest BCUT2D eigenvalue weighted by molar-refractivity contribution is -0.112. The van der Waals surface area contributed by atoms with E-state index in [0.29, 0.717) is 17.7 Å². The van der Waals surface area contributed by atoms with Crippen molar-refractivity contribution in [3.8, 4) is 12.1 Å². The van der Waals surface area contributed by atoms with Crippen LogP contribution in [-0.4, -0.2) is 5.78 Å². The molecule has 4 rings (SSSR count). The monoisotopic (exact) mass is 309 g/mol. The number of carbonyl (C=O) groups excluding carboxylic acids is 1. The molecule has 24 heavy (non-hydrogen) atoms. The SMILES string of the molecule is N#Cc1c(N)cc2ccc3cc4c(cc3c2c1C#N)=CCC(=O)C=4. The predicted molar refractivity (Wildman–Crippen MR) is 93.1 cm³/mol. The highest BCUT2D eigenvalue weighted by molar-refractivity contribution is 6.13. The zero-order valence-corrected chi connectivity index (χ0v) is 12.6. The summed E-state index contributed by atoms with van der Waals surface area (Å²) in [5.74, 6) is 0.0832. The van der Waals surface area contributed by atoms with Crippen molar-refractivity contribution in [2.45, 2.75) is 6.42 Å². The maximum atomic E-state index is 11.6. The molecule has 0 unspecified atom stereocenters. The summed E-state index contributed by atoms with van der Waals surface area (Å²) in [5, 5.41) is 24.2. The average Bonchev–Trinajstić information content (AvgIpc) is 2.58. The van der Waals surface area contributed by atoms with Crippen LogP contribution in [0, 0.1) is 22.7 Å². The second-order valence-corrected chi connectivity index (χ2v) is 5.82. The minimum atomic E-state index is 0.0832. The fourth-order valence-corrected chi connectivity index (χ4v) is 3.31. The third-order valence-corrected chi connectivity index (χ3v) is 4.42. The molecule has 112 valence electrons. The third-order valence-electron chi connectivity index (χ3n) is 4.42. The second-order valence-electron chi connectivity index (χ2n) is 5.82. The molecule has 2 N–H and O–H groups in total. The number of benzene rings is 3. The number of nitrogen functional groups attached to an aromatic ring is 1. The molecular formula is C20H11N3O. The zero-order chi connectivity index (χ0) is 16.8. The van der Waals surface area contributed by atoms with Crippen LogP contribution in [-0.2, 0) is 4.79 Å². The number of Topliss-reactive ketones (excluding diaryl/α,β-unsaturated/α-hetero) is 1. The number of nitrogens with zero attached hydrogens (tertiary/aromatic N) is 2. The van der Waals surface area contributed by atoms with Gasteiger partial charge in [0.25, 0.3) is 0 Å². The molecule has 0 amide bonds. The van der Waals surface area contributed by atoms with Crippen LogP contribution in [0.4, 0.5) is 5.69 Å². The quantitative estimate of drug-likeness (QED) is 0.507. The Morgan fingerprint density at radius 1 is 0.958 bits per heavy atom. The molecule has 0 aliphatic heterocycles. The summed E-state index contributed by atoms with van der Waals surface area (Å²) in [7, 11) is 0. The van der Waals surface area contributed by atoms with Gasteiger partial charge in [-0.25, -0.2) is 0 Å². The van der Waals surface area contributed by atoms with Crippen molar-refractivity contribution in [3.63, 3.8) is 0 Å². The van der Waals surface area contributed by atoms with Crippen molar-refractivity contribution in [2.24, 2.45) is 0 Å². The van der Waals surface area contributed by atoms with Gasteiger partial charge in [0, 0.05) is 11.8 Å². The van der Waals surface area contributed by atoms with Crippen molar-refractivity contribution in [1.82, 2.24) is 0 Å². The van der Waals surface area contributed by atoms with E-state index in [1.807, 2.05) is 36.4 Å². The Labute approximate surface area is 137 Å². The number of ketones is 1. The van der Waals surface area contributed by atoms with Crippen molar-refractivity contribution < 1.29 is 4.79 Å². The first-order valence-electron chi connectivity index (χ1n) is 7.46. The Hall–Kier alpha value is -3.63. The van der Waals surface area contributed by atoms with E-state index in [9.17, 15) is 15.3 Å². The number of rotatable bonds is 0. The lowest BCUT2D eigenvalue weighted by Crippen LogP contribution is -2.28. The topological polar surface area (TPSA) is 90.7 Å². The Kier molecular flexibility index (Phi) is 2.88. The first-order chi connectivity index (χ1) is 11.6. The predicted octanol–water partition coefficient (Wildman–Crippen LogP) is 1.85. The lowest BCUT2D eigenvalue weighted by Gasteiger charge is -2.10. The van der Waals surface area contributed by atoms with Crippen LogP contribution in [0.2, 0.25) is 0 Å². The standard InChI is InChI=1S/C20H11N3O/c21-9-17-18(10-22)20-13(8-19(17)23)2-1-12-5-14-6-15(24)4-3-11(14)7-16(12)20/h1-3,5-8H,4,23H2. The number of fused-ring (bicyclic) bond motifs is 4. The number of hydrogen-bond acceptors (Lipinski definition) is 4. The Bertz CT molecular complexity index is 1270. The highest BCUT2D eigenvalue weighted by Crippen LogP contribution is 2.32. The molecular weight excluding hydrogens is 298 g/mol. The molecule has 1 aliphatic rings. The van der Waals surface area contributed by atoms with Gasteiger partial charge in [-0.15, -0.1) is 0 Å². The van der Waals surface area contributed by atoms with E-state index in [4.69, 9.17) is 5.73 Å². The average molecular weight is 309 g/mol. The van der Waals surface area contributed by atoms with Crippen molar-refractivity contribution in [1.29, 1.82) is 10.5 Å².